The van der Waals surface area contributed by atoms with Gasteiger partial charge in [-0.3, -0.25) is 14.4 Å². The number of nitrogens with one attached hydrogen (secondary N) is 1. The maximum Gasteiger partial charge on any atom is 0.310 e. The van der Waals surface area contributed by atoms with Crippen LogP contribution in [-0.4, -0.2) is 74.0 Å². The molecule has 0 saturated carbocycles. The van der Waals surface area contributed by atoms with Crippen LogP contribution >= 0.6 is 27.7 Å². The molecule has 2 amide bonds. The lowest BCUT2D eigenvalue weighted by Crippen LogP contribution is -2.58. The molecule has 3 unspecified atom stereocenters. The maximum absolute atomic E-state index is 13.7. The number of carbonyl (C=O) groups excluding carboxylic acids is 3. The molecule has 3 rings (SSSR count). The second-order valence-corrected chi connectivity index (χ2v) is 11.5. The molecule has 1 spiro atoms. The van der Waals surface area contributed by atoms with Gasteiger partial charge in [-0.05, 0) is 33.1 Å². The van der Waals surface area contributed by atoms with Crippen LogP contribution in [0.4, 0.5) is 0 Å². The lowest BCUT2D eigenvalue weighted by molar-refractivity contribution is -0.154. The fourth-order valence-electron chi connectivity index (χ4n) is 5.22. The van der Waals surface area contributed by atoms with Crippen LogP contribution in [0.25, 0.3) is 0 Å². The Labute approximate surface area is 184 Å². The molecule has 0 aromatic carbocycles. The van der Waals surface area contributed by atoms with Gasteiger partial charge in [0.25, 0.3) is 0 Å². The third-order valence-corrected chi connectivity index (χ3v) is 9.50. The summed E-state index contributed by atoms with van der Waals surface area (Å²) in [5.74, 6) is -2.03. The number of halogens is 1. The molecule has 2 bridgehead atoms. The maximum atomic E-state index is 13.7. The van der Waals surface area contributed by atoms with Gasteiger partial charge in [-0.15, -0.1) is 11.8 Å². The molecule has 7 nitrogen and oxygen atoms in total. The number of rotatable bonds is 7. The van der Waals surface area contributed by atoms with Crippen molar-refractivity contribution in [3.8, 4) is 0 Å². The summed E-state index contributed by atoms with van der Waals surface area (Å²) in [5.41, 5.74) is 0. The molecule has 29 heavy (non-hydrogen) atoms. The van der Waals surface area contributed by atoms with E-state index in [4.69, 9.17) is 4.74 Å². The number of aliphatic hydroxyl groups excluding tert-OH is 1. The number of likely N-dealkylation sites (tertiary alicyclic amines) is 1. The Bertz CT molecular complexity index is 690. The van der Waals surface area contributed by atoms with Crippen molar-refractivity contribution >= 4 is 45.5 Å². The normalized spacial score (nSPS) is 36.7. The molecule has 0 radical (unpaired) electrons. The Morgan fingerprint density at radius 3 is 2.55 bits per heavy atom. The molecular formula is C20H31BrN2O5S. The number of aliphatic hydroxyl groups is 1. The summed E-state index contributed by atoms with van der Waals surface area (Å²) in [6.07, 6.45) is 0.623. The van der Waals surface area contributed by atoms with Crippen LogP contribution < -0.4 is 5.32 Å². The SMILES string of the molecule is CCOC(=O)[C@H]1[C@@H]2SC3(CC2Br)C(C(=O)NC(C)C)N([C@@H](CO)C(C)C)C(=O)[C@H]13. The van der Waals surface area contributed by atoms with Gasteiger partial charge in [0.2, 0.25) is 11.8 Å². The van der Waals surface area contributed by atoms with E-state index < -0.39 is 28.7 Å². The molecule has 7 atom stereocenters. The van der Waals surface area contributed by atoms with Crippen molar-refractivity contribution < 1.29 is 24.2 Å². The van der Waals surface area contributed by atoms with Crippen LogP contribution in [0.3, 0.4) is 0 Å². The lowest BCUT2D eigenvalue weighted by atomic mass is 9.71. The lowest BCUT2D eigenvalue weighted by Gasteiger charge is -2.39. The summed E-state index contributed by atoms with van der Waals surface area (Å²) in [5, 5.41) is 12.9. The minimum Gasteiger partial charge on any atom is -0.466 e. The third-order valence-electron chi connectivity index (χ3n) is 6.28. The van der Waals surface area contributed by atoms with Crippen molar-refractivity contribution in [1.82, 2.24) is 10.2 Å². The largest absolute Gasteiger partial charge is 0.466 e. The average Bonchev–Trinajstić information content (AvgIpc) is 3.19. The number of thioether (sulfide) groups is 1. The summed E-state index contributed by atoms with van der Waals surface area (Å²) in [6, 6.07) is -1.29. The molecule has 3 aliphatic heterocycles. The number of carbonyl (C=O) groups is 3. The zero-order chi connectivity index (χ0) is 21.7. The van der Waals surface area contributed by atoms with Crippen molar-refractivity contribution in [3.05, 3.63) is 0 Å². The average molecular weight is 491 g/mol. The van der Waals surface area contributed by atoms with E-state index in [-0.39, 0.29) is 53.0 Å². The predicted octanol–water partition coefficient (Wildman–Crippen LogP) is 1.56. The van der Waals surface area contributed by atoms with Crippen molar-refractivity contribution in [2.45, 2.75) is 74.0 Å². The second kappa shape index (κ2) is 8.38. The molecule has 3 saturated heterocycles. The van der Waals surface area contributed by atoms with Gasteiger partial charge < -0.3 is 20.1 Å². The number of hydrogen-bond donors (Lipinski definition) is 2. The van der Waals surface area contributed by atoms with Crippen LogP contribution in [0.15, 0.2) is 0 Å². The molecule has 0 aromatic heterocycles. The van der Waals surface area contributed by atoms with E-state index in [1.165, 1.54) is 0 Å². The fourth-order valence-corrected chi connectivity index (χ4v) is 8.80. The summed E-state index contributed by atoms with van der Waals surface area (Å²) >= 11 is 5.28. The Morgan fingerprint density at radius 2 is 2.03 bits per heavy atom. The van der Waals surface area contributed by atoms with Crippen LogP contribution in [0.2, 0.25) is 0 Å². The Morgan fingerprint density at radius 1 is 1.38 bits per heavy atom. The Balaban J connectivity index is 2.10. The van der Waals surface area contributed by atoms with E-state index >= 15 is 0 Å². The molecular weight excluding hydrogens is 460 g/mol. The highest BCUT2D eigenvalue weighted by Gasteiger charge is 2.76. The molecule has 0 aromatic rings. The number of fused-ring (bicyclic) bond motifs is 1. The minimum atomic E-state index is -0.726. The number of esters is 1. The van der Waals surface area contributed by atoms with E-state index in [2.05, 4.69) is 21.2 Å². The van der Waals surface area contributed by atoms with E-state index in [0.717, 1.165) is 0 Å². The first-order valence-corrected chi connectivity index (χ1v) is 12.1. The third kappa shape index (κ3) is 3.51. The summed E-state index contributed by atoms with van der Waals surface area (Å²) < 4.78 is 4.62. The van der Waals surface area contributed by atoms with Crippen molar-refractivity contribution in [1.29, 1.82) is 0 Å². The molecule has 3 fully saturated rings. The van der Waals surface area contributed by atoms with E-state index in [1.807, 2.05) is 27.7 Å². The highest BCUT2D eigenvalue weighted by molar-refractivity contribution is 9.09. The highest BCUT2D eigenvalue weighted by atomic mass is 79.9. The fraction of sp³-hybridized carbons (Fsp3) is 0.850. The Hall–Kier alpha value is -0.800. The van der Waals surface area contributed by atoms with E-state index in [1.54, 1.807) is 23.6 Å². The summed E-state index contributed by atoms with van der Waals surface area (Å²) in [6.45, 7) is 9.40. The molecule has 2 N–H and O–H groups in total. The molecule has 0 aliphatic carbocycles. The number of nitrogens with zero attached hydrogens (tertiary/aromatic N) is 1. The van der Waals surface area contributed by atoms with Gasteiger partial charge in [0, 0.05) is 16.1 Å². The molecule has 3 aliphatic rings. The zero-order valence-corrected chi connectivity index (χ0v) is 20.0. The molecule has 164 valence electrons. The van der Waals surface area contributed by atoms with Crippen LogP contribution in [-0.2, 0) is 19.1 Å². The molecule has 3 heterocycles. The number of alkyl halides is 1. The standard InChI is InChI=1S/C20H31BrN2O5S/c1-6-28-19(27)13-14-18(26)23(12(8-24)9(2)3)16(17(25)22-10(4)5)20(14)7-11(21)15(13)29-20/h9-16,24H,6-8H2,1-5H3,(H,22,25)/t11?,12-,13+,14-,15+,16?,20?/m0/s1. The van der Waals surface area contributed by atoms with Gasteiger partial charge in [-0.2, -0.15) is 0 Å². The first-order chi connectivity index (χ1) is 13.6. The number of hydrogen-bond acceptors (Lipinski definition) is 6. The number of ether oxygens (including phenoxy) is 1. The monoisotopic (exact) mass is 490 g/mol. The van der Waals surface area contributed by atoms with Gasteiger partial charge in [0.1, 0.15) is 6.04 Å². The van der Waals surface area contributed by atoms with Gasteiger partial charge in [0.05, 0.1) is 35.8 Å². The van der Waals surface area contributed by atoms with Gasteiger partial charge in [0.15, 0.2) is 0 Å². The summed E-state index contributed by atoms with van der Waals surface area (Å²) in [7, 11) is 0. The highest BCUT2D eigenvalue weighted by Crippen LogP contribution is 2.68. The van der Waals surface area contributed by atoms with Crippen molar-refractivity contribution in [3.63, 3.8) is 0 Å². The van der Waals surface area contributed by atoms with Crippen LogP contribution in [0.1, 0.15) is 41.0 Å². The predicted molar refractivity (Wildman–Crippen MR) is 115 cm³/mol. The van der Waals surface area contributed by atoms with Gasteiger partial charge >= 0.3 is 5.97 Å². The molecule has 9 heteroatoms. The smallest absolute Gasteiger partial charge is 0.310 e. The second-order valence-electron chi connectivity index (χ2n) is 8.82. The van der Waals surface area contributed by atoms with Crippen LogP contribution in [0, 0.1) is 17.8 Å². The summed E-state index contributed by atoms with van der Waals surface area (Å²) in [4.78, 5) is 41.5. The topological polar surface area (TPSA) is 95.9 Å². The van der Waals surface area contributed by atoms with Gasteiger partial charge in [-0.1, -0.05) is 29.8 Å². The zero-order valence-electron chi connectivity index (χ0n) is 17.6. The van der Waals surface area contributed by atoms with Crippen molar-refractivity contribution in [2.24, 2.45) is 17.8 Å². The number of amides is 2. The van der Waals surface area contributed by atoms with Gasteiger partial charge in [-0.25, -0.2) is 0 Å². The first kappa shape index (κ1) is 22.9. The van der Waals surface area contributed by atoms with E-state index in [0.29, 0.717) is 6.42 Å². The Kier molecular flexibility index (Phi) is 6.61. The minimum absolute atomic E-state index is 0.0203. The van der Waals surface area contributed by atoms with Crippen LogP contribution in [0.5, 0.6) is 0 Å². The van der Waals surface area contributed by atoms with Crippen molar-refractivity contribution in [2.75, 3.05) is 13.2 Å². The quantitative estimate of drug-likeness (QED) is 0.415. The first-order valence-electron chi connectivity index (χ1n) is 10.3. The van der Waals surface area contributed by atoms with E-state index in [9.17, 15) is 19.5 Å².